The van der Waals surface area contributed by atoms with Gasteiger partial charge in [0, 0.05) is 45.2 Å². The number of benzene rings is 1. The van der Waals surface area contributed by atoms with Crippen molar-refractivity contribution in [2.24, 2.45) is 5.92 Å². The van der Waals surface area contributed by atoms with Crippen LogP contribution in [0.3, 0.4) is 0 Å². The molecule has 0 spiro atoms. The summed E-state index contributed by atoms with van der Waals surface area (Å²) in [5.41, 5.74) is 0.875. The first-order chi connectivity index (χ1) is 10.4. The van der Waals surface area contributed by atoms with E-state index in [0.717, 1.165) is 31.6 Å². The van der Waals surface area contributed by atoms with Crippen LogP contribution in [0.15, 0.2) is 18.2 Å². The summed E-state index contributed by atoms with van der Waals surface area (Å²) in [4.78, 5) is 25.6. The van der Waals surface area contributed by atoms with Gasteiger partial charge in [-0.15, -0.1) is 0 Å². The molecule has 0 aliphatic carbocycles. The zero-order valence-electron chi connectivity index (χ0n) is 12.8. The van der Waals surface area contributed by atoms with E-state index in [2.05, 4.69) is 4.90 Å². The maximum absolute atomic E-state index is 11.3. The Labute approximate surface area is 134 Å². The van der Waals surface area contributed by atoms with E-state index >= 15 is 0 Å². The number of carbonyl (C=O) groups is 1. The van der Waals surface area contributed by atoms with Gasteiger partial charge in [-0.3, -0.25) is 14.9 Å². The Balaban J connectivity index is 1.91. The van der Waals surface area contributed by atoms with Crippen LogP contribution in [0.5, 0.6) is 0 Å². The number of halogens is 1. The SMILES string of the molecule is CC(=O)N1CC[C@@H](CN(C)Cc2ccc([N+](=O)[O-])cc2Cl)C1. The van der Waals surface area contributed by atoms with Gasteiger partial charge in [0.2, 0.25) is 5.91 Å². The van der Waals surface area contributed by atoms with Crippen molar-refractivity contribution >= 4 is 23.2 Å². The smallest absolute Gasteiger partial charge is 0.270 e. The summed E-state index contributed by atoms with van der Waals surface area (Å²) < 4.78 is 0. The molecule has 1 fully saturated rings. The minimum absolute atomic E-state index is 0.00398. The first-order valence-electron chi connectivity index (χ1n) is 7.23. The van der Waals surface area contributed by atoms with Gasteiger partial charge in [0.15, 0.2) is 0 Å². The summed E-state index contributed by atoms with van der Waals surface area (Å²) in [7, 11) is 1.99. The largest absolute Gasteiger partial charge is 0.343 e. The van der Waals surface area contributed by atoms with Crippen molar-refractivity contribution < 1.29 is 9.72 Å². The minimum atomic E-state index is -0.450. The van der Waals surface area contributed by atoms with Crippen molar-refractivity contribution in [3.63, 3.8) is 0 Å². The molecule has 0 saturated carbocycles. The molecule has 1 amide bonds. The molecule has 2 rings (SSSR count). The molecule has 22 heavy (non-hydrogen) atoms. The molecule has 1 aliphatic heterocycles. The highest BCUT2D eigenvalue weighted by molar-refractivity contribution is 6.31. The average molecular weight is 326 g/mol. The number of likely N-dealkylation sites (tertiary alicyclic amines) is 1. The lowest BCUT2D eigenvalue weighted by Crippen LogP contribution is -2.30. The van der Waals surface area contributed by atoms with Crippen LogP contribution in [-0.2, 0) is 11.3 Å². The quantitative estimate of drug-likeness (QED) is 0.616. The number of rotatable bonds is 5. The lowest BCUT2D eigenvalue weighted by atomic mass is 10.1. The maximum Gasteiger partial charge on any atom is 0.270 e. The number of non-ortho nitro benzene ring substituents is 1. The Bertz CT molecular complexity index is 579. The predicted octanol–water partition coefficient (Wildman–Crippen LogP) is 2.55. The Morgan fingerprint density at radius 3 is 2.82 bits per heavy atom. The van der Waals surface area contributed by atoms with Gasteiger partial charge in [0.25, 0.3) is 5.69 Å². The molecule has 0 aromatic heterocycles. The van der Waals surface area contributed by atoms with E-state index in [1.54, 1.807) is 13.0 Å². The molecule has 1 aromatic rings. The molecular formula is C15H20ClN3O3. The zero-order chi connectivity index (χ0) is 16.3. The lowest BCUT2D eigenvalue weighted by Gasteiger charge is -2.21. The third-order valence-electron chi connectivity index (χ3n) is 3.99. The number of hydrogen-bond acceptors (Lipinski definition) is 4. The summed E-state index contributed by atoms with van der Waals surface area (Å²) in [6.07, 6.45) is 1.01. The van der Waals surface area contributed by atoms with Crippen molar-refractivity contribution in [3.05, 3.63) is 38.9 Å². The molecule has 0 bridgehead atoms. The molecule has 0 radical (unpaired) electrons. The molecule has 1 aromatic carbocycles. The molecule has 1 atom stereocenters. The number of carbonyl (C=O) groups excluding carboxylic acids is 1. The molecule has 1 heterocycles. The van der Waals surface area contributed by atoms with Crippen molar-refractivity contribution in [1.82, 2.24) is 9.80 Å². The van der Waals surface area contributed by atoms with Gasteiger partial charge < -0.3 is 9.80 Å². The van der Waals surface area contributed by atoms with Crippen molar-refractivity contribution in [3.8, 4) is 0 Å². The Morgan fingerprint density at radius 2 is 2.27 bits per heavy atom. The predicted molar refractivity (Wildman–Crippen MR) is 84.8 cm³/mol. The second-order valence-electron chi connectivity index (χ2n) is 5.85. The van der Waals surface area contributed by atoms with Crippen LogP contribution in [-0.4, -0.2) is 47.3 Å². The van der Waals surface area contributed by atoms with Crippen LogP contribution < -0.4 is 0 Å². The second kappa shape index (κ2) is 7.07. The van der Waals surface area contributed by atoms with Crippen LogP contribution in [0.25, 0.3) is 0 Å². The van der Waals surface area contributed by atoms with Crippen molar-refractivity contribution in [1.29, 1.82) is 0 Å². The Kier molecular flexibility index (Phi) is 5.37. The number of nitrogens with zero attached hydrogens (tertiary/aromatic N) is 3. The van der Waals surface area contributed by atoms with Crippen molar-refractivity contribution in [2.75, 3.05) is 26.7 Å². The van der Waals surface area contributed by atoms with Gasteiger partial charge in [-0.05, 0) is 31.0 Å². The third kappa shape index (κ3) is 4.18. The molecular weight excluding hydrogens is 306 g/mol. The van der Waals surface area contributed by atoms with Gasteiger partial charge >= 0.3 is 0 Å². The highest BCUT2D eigenvalue weighted by atomic mass is 35.5. The number of amides is 1. The van der Waals surface area contributed by atoms with Crippen LogP contribution in [0, 0.1) is 16.0 Å². The number of nitro groups is 1. The van der Waals surface area contributed by atoms with Crippen LogP contribution in [0.4, 0.5) is 5.69 Å². The molecule has 6 nitrogen and oxygen atoms in total. The van der Waals surface area contributed by atoms with E-state index in [1.807, 2.05) is 11.9 Å². The van der Waals surface area contributed by atoms with E-state index in [-0.39, 0.29) is 11.6 Å². The summed E-state index contributed by atoms with van der Waals surface area (Å²) >= 11 is 6.11. The fourth-order valence-corrected chi connectivity index (χ4v) is 3.08. The van der Waals surface area contributed by atoms with Crippen LogP contribution in [0.1, 0.15) is 18.9 Å². The van der Waals surface area contributed by atoms with E-state index in [1.165, 1.54) is 12.1 Å². The lowest BCUT2D eigenvalue weighted by molar-refractivity contribution is -0.384. The van der Waals surface area contributed by atoms with Crippen LogP contribution in [0.2, 0.25) is 5.02 Å². The first-order valence-corrected chi connectivity index (χ1v) is 7.61. The highest BCUT2D eigenvalue weighted by Crippen LogP contribution is 2.24. The van der Waals surface area contributed by atoms with Gasteiger partial charge in [-0.1, -0.05) is 11.6 Å². The standard InChI is InChI=1S/C15H20ClN3O3/c1-11(20)18-6-5-12(9-18)8-17(2)10-13-3-4-14(19(21)22)7-15(13)16/h3-4,7,12H,5-6,8-10H2,1-2H3/t12-/m0/s1. The number of hydrogen-bond donors (Lipinski definition) is 0. The van der Waals surface area contributed by atoms with Gasteiger partial charge in [-0.25, -0.2) is 0 Å². The molecule has 0 unspecified atom stereocenters. The zero-order valence-corrected chi connectivity index (χ0v) is 13.5. The topological polar surface area (TPSA) is 66.7 Å². The average Bonchev–Trinajstić information content (AvgIpc) is 2.89. The summed E-state index contributed by atoms with van der Waals surface area (Å²) in [6.45, 7) is 4.73. The maximum atomic E-state index is 11.3. The molecule has 7 heteroatoms. The minimum Gasteiger partial charge on any atom is -0.343 e. The molecule has 120 valence electrons. The summed E-state index contributed by atoms with van der Waals surface area (Å²) in [6, 6.07) is 4.56. The normalized spacial score (nSPS) is 18.0. The van der Waals surface area contributed by atoms with Gasteiger partial charge in [-0.2, -0.15) is 0 Å². The van der Waals surface area contributed by atoms with E-state index in [0.29, 0.717) is 17.5 Å². The monoisotopic (exact) mass is 325 g/mol. The molecule has 1 saturated heterocycles. The highest BCUT2D eigenvalue weighted by Gasteiger charge is 2.25. The van der Waals surface area contributed by atoms with E-state index in [4.69, 9.17) is 11.6 Å². The second-order valence-corrected chi connectivity index (χ2v) is 6.26. The van der Waals surface area contributed by atoms with Crippen molar-refractivity contribution in [2.45, 2.75) is 19.9 Å². The molecule has 1 aliphatic rings. The fraction of sp³-hybridized carbons (Fsp3) is 0.533. The fourth-order valence-electron chi connectivity index (χ4n) is 2.84. The molecule has 0 N–H and O–H groups in total. The van der Waals surface area contributed by atoms with Gasteiger partial charge in [0.1, 0.15) is 0 Å². The van der Waals surface area contributed by atoms with Crippen LogP contribution >= 0.6 is 11.6 Å². The Morgan fingerprint density at radius 1 is 1.55 bits per heavy atom. The van der Waals surface area contributed by atoms with E-state index in [9.17, 15) is 14.9 Å². The van der Waals surface area contributed by atoms with E-state index < -0.39 is 4.92 Å². The van der Waals surface area contributed by atoms with Gasteiger partial charge in [0.05, 0.1) is 9.95 Å². The first kappa shape index (κ1) is 16.7. The summed E-state index contributed by atoms with van der Waals surface area (Å²) in [5.74, 6) is 0.592. The summed E-state index contributed by atoms with van der Waals surface area (Å²) in [5, 5.41) is 11.1. The third-order valence-corrected chi connectivity index (χ3v) is 4.34. The Hall–Kier alpha value is -1.66. The number of nitro benzene ring substituents is 1.